The van der Waals surface area contributed by atoms with Gasteiger partial charge in [0.05, 0.1) is 5.92 Å². The second-order valence-electron chi connectivity index (χ2n) is 5.70. The predicted octanol–water partition coefficient (Wildman–Crippen LogP) is 3.11. The molecule has 20 heavy (non-hydrogen) atoms. The molecule has 2 aromatic rings. The highest BCUT2D eigenvalue weighted by Gasteiger charge is 2.49. The van der Waals surface area contributed by atoms with Crippen molar-refractivity contribution in [3.63, 3.8) is 0 Å². The topological polar surface area (TPSA) is 26.3 Å². The largest absolute Gasteiger partial charge is 0.461 e. The minimum absolute atomic E-state index is 0.0293. The van der Waals surface area contributed by atoms with Crippen LogP contribution >= 0.6 is 0 Å². The highest BCUT2D eigenvalue weighted by molar-refractivity contribution is 5.78. The third-order valence-corrected chi connectivity index (χ3v) is 4.54. The summed E-state index contributed by atoms with van der Waals surface area (Å²) in [6, 6.07) is 18.6. The summed E-state index contributed by atoms with van der Waals surface area (Å²) in [5.74, 6) is 0.170. The summed E-state index contributed by atoms with van der Waals surface area (Å²) in [6.45, 7) is 0. The summed E-state index contributed by atoms with van der Waals surface area (Å²) in [5.41, 5.74) is 3.86. The fourth-order valence-electron chi connectivity index (χ4n) is 3.64. The second-order valence-corrected chi connectivity index (χ2v) is 5.70. The average Bonchev–Trinajstić information content (AvgIpc) is 2.97. The zero-order chi connectivity index (χ0) is 13.5. The van der Waals surface area contributed by atoms with Crippen LogP contribution in [-0.2, 0) is 22.4 Å². The molecule has 0 bridgehead atoms. The molecule has 0 unspecified atom stereocenters. The number of hydrogen-bond donors (Lipinski definition) is 0. The van der Waals surface area contributed by atoms with Crippen molar-refractivity contribution in [3.05, 3.63) is 71.3 Å². The Morgan fingerprint density at radius 1 is 1.00 bits per heavy atom. The summed E-state index contributed by atoms with van der Waals surface area (Å²) in [7, 11) is 0. The van der Waals surface area contributed by atoms with Gasteiger partial charge in [-0.05, 0) is 23.1 Å². The number of carbonyl (C=O) groups is 1. The van der Waals surface area contributed by atoms with E-state index in [0.717, 1.165) is 12.8 Å². The molecule has 4 rings (SSSR count). The number of carbonyl (C=O) groups excluding carboxylic acids is 1. The van der Waals surface area contributed by atoms with Gasteiger partial charge in [-0.3, -0.25) is 4.79 Å². The molecule has 100 valence electrons. The van der Waals surface area contributed by atoms with Crippen molar-refractivity contribution in [1.29, 1.82) is 0 Å². The Hall–Kier alpha value is -2.09. The number of rotatable bonds is 2. The summed E-state index contributed by atoms with van der Waals surface area (Å²) in [4.78, 5) is 12.2. The molecule has 1 heterocycles. The van der Waals surface area contributed by atoms with Crippen LogP contribution in [0.3, 0.4) is 0 Å². The monoisotopic (exact) mass is 264 g/mol. The Kier molecular flexibility index (Phi) is 2.62. The quantitative estimate of drug-likeness (QED) is 0.779. The molecule has 2 heteroatoms. The lowest BCUT2D eigenvalue weighted by Crippen LogP contribution is -2.17. The van der Waals surface area contributed by atoms with Crippen LogP contribution in [0.4, 0.5) is 0 Å². The summed E-state index contributed by atoms with van der Waals surface area (Å²) < 4.78 is 5.61. The van der Waals surface area contributed by atoms with Crippen LogP contribution in [0.2, 0.25) is 0 Å². The smallest absolute Gasteiger partial charge is 0.310 e. The molecule has 1 fully saturated rings. The SMILES string of the molecule is O=C1O[C@@H]2Cc3ccccc3[C@@H]2[C@H]1Cc1ccccc1. The van der Waals surface area contributed by atoms with Gasteiger partial charge in [-0.2, -0.15) is 0 Å². The standard InChI is InChI=1S/C18H16O2/c19-18-15(10-12-6-2-1-3-7-12)17-14-9-5-4-8-13(14)11-16(17)20-18/h1-9,15-17H,10-11H2/t15-,16-,17-/m1/s1. The van der Waals surface area contributed by atoms with Crippen LogP contribution in [0.5, 0.6) is 0 Å². The average molecular weight is 264 g/mol. The molecule has 0 amide bonds. The first-order valence-electron chi connectivity index (χ1n) is 7.15. The third kappa shape index (κ3) is 1.75. The van der Waals surface area contributed by atoms with E-state index in [-0.39, 0.29) is 23.9 Å². The Bertz CT molecular complexity index is 647. The van der Waals surface area contributed by atoms with E-state index >= 15 is 0 Å². The first-order chi connectivity index (χ1) is 9.83. The number of esters is 1. The maximum atomic E-state index is 12.2. The van der Waals surface area contributed by atoms with Gasteiger partial charge in [0.25, 0.3) is 0 Å². The van der Waals surface area contributed by atoms with Crippen molar-refractivity contribution in [2.45, 2.75) is 24.9 Å². The minimum atomic E-state index is -0.0361. The van der Waals surface area contributed by atoms with Gasteiger partial charge in [0, 0.05) is 12.3 Å². The van der Waals surface area contributed by atoms with Gasteiger partial charge < -0.3 is 4.74 Å². The molecule has 0 spiro atoms. The van der Waals surface area contributed by atoms with Crippen molar-refractivity contribution in [3.8, 4) is 0 Å². The van der Waals surface area contributed by atoms with Crippen molar-refractivity contribution >= 4 is 5.97 Å². The molecule has 0 N–H and O–H groups in total. The summed E-state index contributed by atoms with van der Waals surface area (Å²) in [6.07, 6.45) is 1.70. The third-order valence-electron chi connectivity index (χ3n) is 4.54. The number of hydrogen-bond acceptors (Lipinski definition) is 2. The van der Waals surface area contributed by atoms with E-state index in [9.17, 15) is 4.79 Å². The molecule has 1 aliphatic heterocycles. The number of fused-ring (bicyclic) bond motifs is 3. The Balaban J connectivity index is 1.68. The fourth-order valence-corrected chi connectivity index (χ4v) is 3.64. The Labute approximate surface area is 118 Å². The van der Waals surface area contributed by atoms with Crippen LogP contribution in [0.15, 0.2) is 54.6 Å². The summed E-state index contributed by atoms with van der Waals surface area (Å²) in [5, 5.41) is 0. The van der Waals surface area contributed by atoms with Gasteiger partial charge in [-0.15, -0.1) is 0 Å². The first-order valence-corrected chi connectivity index (χ1v) is 7.15. The van der Waals surface area contributed by atoms with Gasteiger partial charge in [-0.25, -0.2) is 0 Å². The van der Waals surface area contributed by atoms with Gasteiger partial charge in [0.15, 0.2) is 0 Å². The normalized spacial score (nSPS) is 27.0. The van der Waals surface area contributed by atoms with E-state index in [1.54, 1.807) is 0 Å². The Morgan fingerprint density at radius 3 is 2.60 bits per heavy atom. The molecule has 3 atom stereocenters. The molecule has 2 nitrogen and oxygen atoms in total. The molecular weight excluding hydrogens is 248 g/mol. The van der Waals surface area contributed by atoms with E-state index in [1.165, 1.54) is 16.7 Å². The molecule has 1 aliphatic carbocycles. The van der Waals surface area contributed by atoms with Crippen molar-refractivity contribution in [1.82, 2.24) is 0 Å². The number of ether oxygens (including phenoxy) is 1. The van der Waals surface area contributed by atoms with Gasteiger partial charge in [0.2, 0.25) is 0 Å². The first kappa shape index (κ1) is 11.7. The zero-order valence-electron chi connectivity index (χ0n) is 11.2. The van der Waals surface area contributed by atoms with E-state index < -0.39 is 0 Å². The molecule has 2 aromatic carbocycles. The number of benzene rings is 2. The molecule has 0 radical (unpaired) electrons. The molecule has 0 aromatic heterocycles. The lowest BCUT2D eigenvalue weighted by Gasteiger charge is -2.15. The highest BCUT2D eigenvalue weighted by Crippen LogP contribution is 2.46. The molecule has 0 saturated carbocycles. The van der Waals surface area contributed by atoms with Gasteiger partial charge in [0.1, 0.15) is 6.10 Å². The lowest BCUT2D eigenvalue weighted by atomic mass is 9.84. The van der Waals surface area contributed by atoms with Crippen molar-refractivity contribution in [2.24, 2.45) is 5.92 Å². The Morgan fingerprint density at radius 2 is 1.75 bits per heavy atom. The van der Waals surface area contributed by atoms with Crippen LogP contribution < -0.4 is 0 Å². The summed E-state index contributed by atoms with van der Waals surface area (Å²) >= 11 is 0. The highest BCUT2D eigenvalue weighted by atomic mass is 16.6. The lowest BCUT2D eigenvalue weighted by molar-refractivity contribution is -0.144. The van der Waals surface area contributed by atoms with E-state index in [2.05, 4.69) is 36.4 Å². The minimum Gasteiger partial charge on any atom is -0.461 e. The fraction of sp³-hybridized carbons (Fsp3) is 0.278. The van der Waals surface area contributed by atoms with Crippen LogP contribution in [-0.4, -0.2) is 12.1 Å². The maximum absolute atomic E-state index is 12.2. The van der Waals surface area contributed by atoms with E-state index in [4.69, 9.17) is 4.74 Å². The molecule has 1 saturated heterocycles. The molecule has 2 aliphatic rings. The van der Waals surface area contributed by atoms with Crippen molar-refractivity contribution in [2.75, 3.05) is 0 Å². The van der Waals surface area contributed by atoms with Gasteiger partial charge in [-0.1, -0.05) is 54.6 Å². The van der Waals surface area contributed by atoms with Crippen molar-refractivity contribution < 1.29 is 9.53 Å². The molecular formula is C18H16O2. The van der Waals surface area contributed by atoms with Gasteiger partial charge >= 0.3 is 5.97 Å². The van der Waals surface area contributed by atoms with E-state index in [0.29, 0.717) is 0 Å². The van der Waals surface area contributed by atoms with Crippen LogP contribution in [0.1, 0.15) is 22.6 Å². The maximum Gasteiger partial charge on any atom is 0.310 e. The van der Waals surface area contributed by atoms with Crippen LogP contribution in [0.25, 0.3) is 0 Å². The predicted molar refractivity (Wildman–Crippen MR) is 76.4 cm³/mol. The zero-order valence-corrected chi connectivity index (χ0v) is 11.2. The second kappa shape index (κ2) is 4.48. The van der Waals surface area contributed by atoms with Crippen LogP contribution in [0, 0.1) is 5.92 Å². The van der Waals surface area contributed by atoms with E-state index in [1.807, 2.05) is 18.2 Å².